The van der Waals surface area contributed by atoms with Gasteiger partial charge in [0.2, 0.25) is 5.91 Å². The standard InChI is InChI=1S/C15H14BrNO/c1-17-15(18)10-12-9-13(16)7-8-14(12)11-5-3-2-4-6-11/h2-9H,10H2,1H3,(H,17,18). The molecule has 0 heterocycles. The molecule has 0 unspecified atom stereocenters. The van der Waals surface area contributed by atoms with Gasteiger partial charge in [0.05, 0.1) is 6.42 Å². The third-order valence-electron chi connectivity index (χ3n) is 2.78. The Morgan fingerprint density at radius 3 is 2.56 bits per heavy atom. The second-order valence-electron chi connectivity index (χ2n) is 4.02. The molecular formula is C15H14BrNO. The van der Waals surface area contributed by atoms with Gasteiger partial charge in [-0.15, -0.1) is 0 Å². The second kappa shape index (κ2) is 5.83. The summed E-state index contributed by atoms with van der Waals surface area (Å²) in [5.74, 6) is 0.0188. The molecule has 1 amide bonds. The fraction of sp³-hybridized carbons (Fsp3) is 0.133. The minimum atomic E-state index is 0.0188. The molecule has 2 aromatic rings. The molecule has 0 radical (unpaired) electrons. The molecule has 0 aromatic heterocycles. The van der Waals surface area contributed by atoms with Crippen molar-refractivity contribution in [3.63, 3.8) is 0 Å². The van der Waals surface area contributed by atoms with Crippen LogP contribution in [0.4, 0.5) is 0 Å². The summed E-state index contributed by atoms with van der Waals surface area (Å²) >= 11 is 3.45. The third kappa shape index (κ3) is 2.99. The van der Waals surface area contributed by atoms with Crippen molar-refractivity contribution in [1.29, 1.82) is 0 Å². The molecular weight excluding hydrogens is 290 g/mol. The second-order valence-corrected chi connectivity index (χ2v) is 4.93. The molecule has 0 saturated carbocycles. The van der Waals surface area contributed by atoms with Crippen LogP contribution in [0.15, 0.2) is 53.0 Å². The van der Waals surface area contributed by atoms with Gasteiger partial charge in [0.1, 0.15) is 0 Å². The van der Waals surface area contributed by atoms with E-state index in [9.17, 15) is 4.79 Å². The highest BCUT2D eigenvalue weighted by molar-refractivity contribution is 9.10. The SMILES string of the molecule is CNC(=O)Cc1cc(Br)ccc1-c1ccccc1. The zero-order chi connectivity index (χ0) is 13.0. The molecule has 0 atom stereocenters. The molecule has 1 N–H and O–H groups in total. The molecule has 0 bridgehead atoms. The van der Waals surface area contributed by atoms with Crippen molar-refractivity contribution in [3.8, 4) is 11.1 Å². The number of amides is 1. The number of halogens is 1. The van der Waals surface area contributed by atoms with E-state index in [4.69, 9.17) is 0 Å². The maximum atomic E-state index is 11.5. The summed E-state index contributed by atoms with van der Waals surface area (Å²) in [6, 6.07) is 16.1. The van der Waals surface area contributed by atoms with Crippen LogP contribution in [-0.4, -0.2) is 13.0 Å². The number of carbonyl (C=O) groups excluding carboxylic acids is 1. The third-order valence-corrected chi connectivity index (χ3v) is 3.28. The van der Waals surface area contributed by atoms with Crippen molar-refractivity contribution in [2.75, 3.05) is 7.05 Å². The van der Waals surface area contributed by atoms with Crippen LogP contribution in [0.25, 0.3) is 11.1 Å². The van der Waals surface area contributed by atoms with Crippen molar-refractivity contribution in [2.24, 2.45) is 0 Å². The average molecular weight is 304 g/mol. The Hall–Kier alpha value is -1.61. The maximum Gasteiger partial charge on any atom is 0.224 e. The molecule has 18 heavy (non-hydrogen) atoms. The topological polar surface area (TPSA) is 29.1 Å². The molecule has 0 saturated heterocycles. The van der Waals surface area contributed by atoms with E-state index in [1.165, 1.54) is 0 Å². The minimum absolute atomic E-state index is 0.0188. The molecule has 2 rings (SSSR count). The first-order valence-electron chi connectivity index (χ1n) is 5.75. The predicted octanol–water partition coefficient (Wildman–Crippen LogP) is 3.40. The Bertz CT molecular complexity index is 552. The fourth-order valence-corrected chi connectivity index (χ4v) is 2.28. The van der Waals surface area contributed by atoms with Crippen molar-refractivity contribution in [2.45, 2.75) is 6.42 Å². The zero-order valence-electron chi connectivity index (χ0n) is 10.1. The van der Waals surface area contributed by atoms with E-state index in [0.29, 0.717) is 6.42 Å². The lowest BCUT2D eigenvalue weighted by Crippen LogP contribution is -2.20. The van der Waals surface area contributed by atoms with E-state index >= 15 is 0 Å². The first-order valence-corrected chi connectivity index (χ1v) is 6.54. The summed E-state index contributed by atoms with van der Waals surface area (Å²) in [4.78, 5) is 11.5. The molecule has 3 heteroatoms. The van der Waals surface area contributed by atoms with Gasteiger partial charge in [-0.05, 0) is 28.8 Å². The summed E-state index contributed by atoms with van der Waals surface area (Å²) < 4.78 is 0.987. The van der Waals surface area contributed by atoms with E-state index in [1.54, 1.807) is 7.05 Å². The van der Waals surface area contributed by atoms with E-state index in [1.807, 2.05) is 36.4 Å². The summed E-state index contributed by atoms with van der Waals surface area (Å²) in [6.07, 6.45) is 0.389. The monoisotopic (exact) mass is 303 g/mol. The van der Waals surface area contributed by atoms with Crippen LogP contribution in [0.2, 0.25) is 0 Å². The van der Waals surface area contributed by atoms with Crippen molar-refractivity contribution >= 4 is 21.8 Å². The number of likely N-dealkylation sites (N-methyl/N-ethyl adjacent to an activating group) is 1. The van der Waals surface area contributed by atoms with Crippen LogP contribution >= 0.6 is 15.9 Å². The van der Waals surface area contributed by atoms with Crippen LogP contribution in [-0.2, 0) is 11.2 Å². The van der Waals surface area contributed by atoms with Crippen LogP contribution in [0.3, 0.4) is 0 Å². The van der Waals surface area contributed by atoms with Gasteiger partial charge in [0, 0.05) is 11.5 Å². The number of benzene rings is 2. The first-order chi connectivity index (χ1) is 8.70. The van der Waals surface area contributed by atoms with E-state index < -0.39 is 0 Å². The fourth-order valence-electron chi connectivity index (χ4n) is 1.87. The van der Waals surface area contributed by atoms with Gasteiger partial charge in [-0.2, -0.15) is 0 Å². The Morgan fingerprint density at radius 1 is 1.17 bits per heavy atom. The van der Waals surface area contributed by atoms with E-state index in [2.05, 4.69) is 33.4 Å². The highest BCUT2D eigenvalue weighted by Gasteiger charge is 2.09. The number of hydrogen-bond acceptors (Lipinski definition) is 1. The molecule has 0 aliphatic heterocycles. The maximum absolute atomic E-state index is 11.5. The number of carbonyl (C=O) groups is 1. The Labute approximate surface area is 115 Å². The lowest BCUT2D eigenvalue weighted by Gasteiger charge is -2.10. The Morgan fingerprint density at radius 2 is 1.89 bits per heavy atom. The number of nitrogens with one attached hydrogen (secondary N) is 1. The number of hydrogen-bond donors (Lipinski definition) is 1. The van der Waals surface area contributed by atoms with Crippen molar-refractivity contribution < 1.29 is 4.79 Å². The van der Waals surface area contributed by atoms with E-state index in [0.717, 1.165) is 21.2 Å². The molecule has 2 aromatic carbocycles. The quantitative estimate of drug-likeness (QED) is 0.925. The van der Waals surface area contributed by atoms with Gasteiger partial charge in [0.15, 0.2) is 0 Å². The zero-order valence-corrected chi connectivity index (χ0v) is 11.7. The highest BCUT2D eigenvalue weighted by Crippen LogP contribution is 2.26. The smallest absolute Gasteiger partial charge is 0.224 e. The lowest BCUT2D eigenvalue weighted by molar-refractivity contribution is -0.119. The molecule has 0 aliphatic carbocycles. The summed E-state index contributed by atoms with van der Waals surface area (Å²) in [5.41, 5.74) is 3.25. The summed E-state index contributed by atoms with van der Waals surface area (Å²) in [6.45, 7) is 0. The minimum Gasteiger partial charge on any atom is -0.359 e. The summed E-state index contributed by atoms with van der Waals surface area (Å²) in [7, 11) is 1.66. The first kappa shape index (κ1) is 12.8. The average Bonchev–Trinajstić information content (AvgIpc) is 2.40. The Kier molecular flexibility index (Phi) is 4.15. The van der Waals surface area contributed by atoms with E-state index in [-0.39, 0.29) is 5.91 Å². The van der Waals surface area contributed by atoms with Crippen LogP contribution in [0.1, 0.15) is 5.56 Å². The molecule has 2 nitrogen and oxygen atoms in total. The largest absolute Gasteiger partial charge is 0.359 e. The van der Waals surface area contributed by atoms with Crippen LogP contribution < -0.4 is 5.32 Å². The van der Waals surface area contributed by atoms with Gasteiger partial charge in [-0.1, -0.05) is 52.3 Å². The van der Waals surface area contributed by atoms with Gasteiger partial charge < -0.3 is 5.32 Å². The predicted molar refractivity (Wildman–Crippen MR) is 77.3 cm³/mol. The molecule has 0 spiro atoms. The van der Waals surface area contributed by atoms with Gasteiger partial charge in [-0.25, -0.2) is 0 Å². The lowest BCUT2D eigenvalue weighted by atomic mass is 9.97. The highest BCUT2D eigenvalue weighted by atomic mass is 79.9. The van der Waals surface area contributed by atoms with Crippen LogP contribution in [0.5, 0.6) is 0 Å². The van der Waals surface area contributed by atoms with Gasteiger partial charge in [0.25, 0.3) is 0 Å². The van der Waals surface area contributed by atoms with Gasteiger partial charge in [-0.3, -0.25) is 4.79 Å². The Balaban J connectivity index is 2.44. The van der Waals surface area contributed by atoms with Crippen LogP contribution in [0, 0.1) is 0 Å². The summed E-state index contributed by atoms with van der Waals surface area (Å²) in [5, 5.41) is 2.66. The van der Waals surface area contributed by atoms with Gasteiger partial charge >= 0.3 is 0 Å². The number of rotatable bonds is 3. The molecule has 0 fully saturated rings. The molecule has 0 aliphatic rings. The van der Waals surface area contributed by atoms with Crippen molar-refractivity contribution in [1.82, 2.24) is 5.32 Å². The van der Waals surface area contributed by atoms with Crippen molar-refractivity contribution in [3.05, 3.63) is 58.6 Å². The molecule has 92 valence electrons. The normalized spacial score (nSPS) is 10.1.